The van der Waals surface area contributed by atoms with Crippen LogP contribution in [0.3, 0.4) is 0 Å². The smallest absolute Gasteiger partial charge is 0.286 e. The summed E-state index contributed by atoms with van der Waals surface area (Å²) in [5, 5.41) is 0. The largest absolute Gasteiger partial charge is 0.481 e. The van der Waals surface area contributed by atoms with Gasteiger partial charge in [0.15, 0.2) is 13.0 Å². The maximum absolute atomic E-state index is 10.6. The number of hydrogen-bond donors (Lipinski definition) is 1. The van der Waals surface area contributed by atoms with Crippen molar-refractivity contribution in [3.63, 3.8) is 0 Å². The standard InChI is InChI=1S/C19H28BO3P/c1-3-5-14-20-18-15-19(23-24(21,16-18)22-4-2)13-9-12-17-10-7-6-8-11-17/h6-8,10-11,15-16,21H,3-5,9,12-14H2,1-2H3/q+1. The molecule has 1 unspecified atom stereocenters. The molecule has 24 heavy (non-hydrogen) atoms. The summed E-state index contributed by atoms with van der Waals surface area (Å²) in [6.45, 7) is 4.50. The first-order chi connectivity index (χ1) is 11.6. The molecule has 1 atom stereocenters. The van der Waals surface area contributed by atoms with Crippen LogP contribution < -0.4 is 0 Å². The molecule has 0 saturated heterocycles. The number of benzene rings is 1. The van der Waals surface area contributed by atoms with Crippen molar-refractivity contribution in [2.75, 3.05) is 6.61 Å². The van der Waals surface area contributed by atoms with Crippen molar-refractivity contribution in [1.82, 2.24) is 0 Å². The minimum Gasteiger partial charge on any atom is -0.286 e. The Kier molecular flexibility index (Phi) is 8.04. The van der Waals surface area contributed by atoms with Gasteiger partial charge in [0.1, 0.15) is 5.82 Å². The first-order valence-electron chi connectivity index (χ1n) is 8.91. The van der Waals surface area contributed by atoms with Gasteiger partial charge in [-0.1, -0.05) is 56.4 Å². The number of aryl methyl sites for hydroxylation is 1. The minimum atomic E-state index is -2.90. The van der Waals surface area contributed by atoms with E-state index in [4.69, 9.17) is 9.05 Å². The van der Waals surface area contributed by atoms with Crippen molar-refractivity contribution in [2.45, 2.75) is 52.3 Å². The fraction of sp³-hybridized carbons (Fsp3) is 0.474. The molecular formula is C19H28BO3P+. The van der Waals surface area contributed by atoms with Gasteiger partial charge in [0.05, 0.1) is 6.61 Å². The van der Waals surface area contributed by atoms with Gasteiger partial charge >= 0.3 is 7.94 Å². The molecule has 0 fully saturated rings. The van der Waals surface area contributed by atoms with Gasteiger partial charge in [-0.3, -0.25) is 4.52 Å². The zero-order valence-electron chi connectivity index (χ0n) is 14.8. The van der Waals surface area contributed by atoms with Gasteiger partial charge < -0.3 is 0 Å². The van der Waals surface area contributed by atoms with Crippen molar-refractivity contribution < 1.29 is 13.9 Å². The lowest BCUT2D eigenvalue weighted by atomic mass is 9.66. The highest BCUT2D eigenvalue weighted by Gasteiger charge is 2.43. The molecule has 2 rings (SSSR count). The Morgan fingerprint density at radius 3 is 2.62 bits per heavy atom. The molecule has 0 spiro atoms. The zero-order chi connectivity index (χ0) is 17.3. The SMILES string of the molecule is CCCC[B]C1=C[P+](O)(OCC)OC(CCCc2ccccc2)=C1. The van der Waals surface area contributed by atoms with E-state index in [1.165, 1.54) is 12.0 Å². The number of allylic oxidation sites excluding steroid dienone is 3. The monoisotopic (exact) mass is 346 g/mol. The summed E-state index contributed by atoms with van der Waals surface area (Å²) in [7, 11) is -0.724. The van der Waals surface area contributed by atoms with Crippen LogP contribution in [0.15, 0.2) is 53.5 Å². The zero-order valence-corrected chi connectivity index (χ0v) is 15.7. The van der Waals surface area contributed by atoms with Crippen molar-refractivity contribution >= 4 is 15.2 Å². The lowest BCUT2D eigenvalue weighted by Crippen LogP contribution is -2.09. The summed E-state index contributed by atoms with van der Waals surface area (Å²) >= 11 is 0. The lowest BCUT2D eigenvalue weighted by Gasteiger charge is -2.20. The molecule has 0 saturated carbocycles. The highest BCUT2D eigenvalue weighted by Crippen LogP contribution is 2.62. The highest BCUT2D eigenvalue weighted by atomic mass is 31.2. The highest BCUT2D eigenvalue weighted by molar-refractivity contribution is 7.64. The average molecular weight is 346 g/mol. The molecule has 0 amide bonds. The Hall–Kier alpha value is -1.09. The van der Waals surface area contributed by atoms with Gasteiger partial charge in [0.2, 0.25) is 0 Å². The quantitative estimate of drug-likeness (QED) is 0.346. The number of unbranched alkanes of at least 4 members (excludes halogenated alkanes) is 1. The molecule has 0 bridgehead atoms. The number of hydrogen-bond acceptors (Lipinski definition) is 3. The van der Waals surface area contributed by atoms with E-state index in [1.54, 1.807) is 5.82 Å². The van der Waals surface area contributed by atoms with Crippen molar-refractivity contribution in [3.05, 3.63) is 59.0 Å². The Bertz CT molecular complexity index is 559. The molecular weight excluding hydrogens is 318 g/mol. The summed E-state index contributed by atoms with van der Waals surface area (Å²) in [4.78, 5) is 10.6. The predicted molar refractivity (Wildman–Crippen MR) is 103 cm³/mol. The molecule has 1 radical (unpaired) electrons. The second-order valence-corrected chi connectivity index (χ2v) is 7.83. The molecule has 0 aliphatic carbocycles. The molecule has 1 aromatic rings. The van der Waals surface area contributed by atoms with Crippen LogP contribution in [0, 0.1) is 0 Å². The van der Waals surface area contributed by atoms with Crippen molar-refractivity contribution in [3.8, 4) is 0 Å². The van der Waals surface area contributed by atoms with Crippen LogP contribution in [-0.4, -0.2) is 18.8 Å². The van der Waals surface area contributed by atoms with E-state index in [0.717, 1.165) is 43.2 Å². The minimum absolute atomic E-state index is 0.445. The Morgan fingerprint density at radius 2 is 1.92 bits per heavy atom. The van der Waals surface area contributed by atoms with E-state index in [2.05, 4.69) is 38.5 Å². The number of rotatable bonds is 10. The molecule has 1 heterocycles. The van der Waals surface area contributed by atoms with E-state index >= 15 is 0 Å². The molecule has 1 aliphatic heterocycles. The average Bonchev–Trinajstić information content (AvgIpc) is 2.56. The molecule has 1 aromatic carbocycles. The summed E-state index contributed by atoms with van der Waals surface area (Å²) in [5.41, 5.74) is 2.36. The first-order valence-corrected chi connectivity index (χ1v) is 10.6. The Labute approximate surface area is 147 Å². The topological polar surface area (TPSA) is 38.7 Å². The van der Waals surface area contributed by atoms with E-state index in [0.29, 0.717) is 6.61 Å². The van der Waals surface area contributed by atoms with Crippen LogP contribution in [0.1, 0.15) is 45.1 Å². The van der Waals surface area contributed by atoms with E-state index in [1.807, 2.05) is 19.1 Å². The van der Waals surface area contributed by atoms with Gasteiger partial charge in [-0.05, 0) is 36.9 Å². The van der Waals surface area contributed by atoms with Gasteiger partial charge in [0.25, 0.3) is 0 Å². The van der Waals surface area contributed by atoms with Gasteiger partial charge in [-0.25, -0.2) is 0 Å². The van der Waals surface area contributed by atoms with Crippen LogP contribution in [-0.2, 0) is 15.5 Å². The normalized spacial score (nSPS) is 20.1. The van der Waals surface area contributed by atoms with Crippen LogP contribution >= 0.6 is 7.94 Å². The van der Waals surface area contributed by atoms with Gasteiger partial charge in [0, 0.05) is 6.42 Å². The third kappa shape index (κ3) is 6.43. The summed E-state index contributed by atoms with van der Waals surface area (Å²) in [6.07, 6.45) is 8.19. The molecule has 5 heteroatoms. The maximum atomic E-state index is 10.6. The molecule has 3 nitrogen and oxygen atoms in total. The van der Waals surface area contributed by atoms with Crippen LogP contribution in [0.5, 0.6) is 0 Å². The van der Waals surface area contributed by atoms with E-state index in [-0.39, 0.29) is 0 Å². The third-order valence-electron chi connectivity index (χ3n) is 3.87. The van der Waals surface area contributed by atoms with Crippen LogP contribution in [0.25, 0.3) is 0 Å². The second kappa shape index (κ2) is 10.0. The fourth-order valence-corrected chi connectivity index (χ4v) is 4.28. The van der Waals surface area contributed by atoms with Crippen LogP contribution in [0.2, 0.25) is 6.32 Å². The van der Waals surface area contributed by atoms with E-state index < -0.39 is 7.94 Å². The summed E-state index contributed by atoms with van der Waals surface area (Å²) in [5.74, 6) is 2.60. The van der Waals surface area contributed by atoms with Crippen LogP contribution in [0.4, 0.5) is 0 Å². The lowest BCUT2D eigenvalue weighted by molar-refractivity contribution is 0.221. The van der Waals surface area contributed by atoms with Gasteiger partial charge in [-0.2, -0.15) is 9.42 Å². The second-order valence-electron chi connectivity index (χ2n) is 6.00. The van der Waals surface area contributed by atoms with Crippen molar-refractivity contribution in [2.24, 2.45) is 0 Å². The summed E-state index contributed by atoms with van der Waals surface area (Å²) in [6, 6.07) is 10.4. The summed E-state index contributed by atoms with van der Waals surface area (Å²) < 4.78 is 11.3. The third-order valence-corrected chi connectivity index (χ3v) is 5.62. The Balaban J connectivity index is 1.94. The van der Waals surface area contributed by atoms with E-state index in [9.17, 15) is 4.89 Å². The molecule has 0 aromatic heterocycles. The molecule has 1 aliphatic rings. The molecule has 129 valence electrons. The maximum Gasteiger partial charge on any atom is 0.481 e. The fourth-order valence-electron chi connectivity index (χ4n) is 2.69. The Morgan fingerprint density at radius 1 is 1.12 bits per heavy atom. The van der Waals surface area contributed by atoms with Crippen molar-refractivity contribution in [1.29, 1.82) is 0 Å². The predicted octanol–water partition coefficient (Wildman–Crippen LogP) is 5.48. The van der Waals surface area contributed by atoms with Gasteiger partial charge in [-0.15, -0.1) is 0 Å². The molecule has 1 N–H and O–H groups in total. The first kappa shape index (κ1) is 19.2.